The Hall–Kier alpha value is -2.71. The summed E-state index contributed by atoms with van der Waals surface area (Å²) in [5.41, 5.74) is 8.11. The number of hydrogen-bond donors (Lipinski definition) is 1. The van der Waals surface area contributed by atoms with Crippen molar-refractivity contribution >= 4 is 21.9 Å². The van der Waals surface area contributed by atoms with Crippen molar-refractivity contribution in [2.24, 2.45) is 5.73 Å². The Morgan fingerprint density at radius 2 is 1.75 bits per heavy atom. The van der Waals surface area contributed by atoms with Gasteiger partial charge < -0.3 is 10.5 Å². The summed E-state index contributed by atoms with van der Waals surface area (Å²) in [6, 6.07) is 12.8. The molecule has 7 nitrogen and oxygen atoms in total. The van der Waals surface area contributed by atoms with E-state index in [9.17, 15) is 18.0 Å². The van der Waals surface area contributed by atoms with Crippen LogP contribution in [-0.2, 0) is 43.7 Å². The van der Waals surface area contributed by atoms with Crippen LogP contribution in [0.3, 0.4) is 0 Å². The van der Waals surface area contributed by atoms with Gasteiger partial charge >= 0.3 is 5.97 Å². The summed E-state index contributed by atoms with van der Waals surface area (Å²) in [6.45, 7) is 0.0935. The van der Waals surface area contributed by atoms with Gasteiger partial charge in [-0.3, -0.25) is 9.59 Å². The van der Waals surface area contributed by atoms with E-state index in [1.165, 1.54) is 23.5 Å². The third-order valence-electron chi connectivity index (χ3n) is 4.91. The van der Waals surface area contributed by atoms with Gasteiger partial charge in [-0.2, -0.15) is 4.31 Å². The van der Waals surface area contributed by atoms with Crippen LogP contribution in [0.1, 0.15) is 23.1 Å². The fourth-order valence-corrected chi connectivity index (χ4v) is 4.88. The second-order valence-electron chi connectivity index (χ2n) is 6.66. The number of aryl methyl sites for hydroxylation is 1. The number of carbonyl (C=O) groups is 2. The summed E-state index contributed by atoms with van der Waals surface area (Å²) < 4.78 is 32.1. The Balaban J connectivity index is 1.86. The third-order valence-corrected chi connectivity index (χ3v) is 6.78. The molecule has 2 aromatic carbocycles. The molecule has 3 rings (SSSR count). The lowest BCUT2D eigenvalue weighted by molar-refractivity contribution is -0.140. The van der Waals surface area contributed by atoms with Crippen LogP contribution in [0.2, 0.25) is 0 Å². The maximum Gasteiger partial charge on any atom is 0.305 e. The van der Waals surface area contributed by atoms with Gasteiger partial charge in [0.2, 0.25) is 15.9 Å². The molecular weight excluding hydrogens is 380 g/mol. The Kier molecular flexibility index (Phi) is 5.81. The van der Waals surface area contributed by atoms with E-state index in [1.54, 1.807) is 12.1 Å². The number of fused-ring (bicyclic) bond motifs is 1. The van der Waals surface area contributed by atoms with Crippen molar-refractivity contribution in [1.82, 2.24) is 4.31 Å². The minimum atomic E-state index is -3.91. The van der Waals surface area contributed by atoms with Crippen LogP contribution < -0.4 is 5.73 Å². The third kappa shape index (κ3) is 4.07. The minimum Gasteiger partial charge on any atom is -0.469 e. The molecule has 148 valence electrons. The van der Waals surface area contributed by atoms with Gasteiger partial charge in [-0.1, -0.05) is 36.4 Å². The molecular formula is C20H22N2O5S. The summed E-state index contributed by atoms with van der Waals surface area (Å²) >= 11 is 0. The average Bonchev–Trinajstić information content (AvgIpc) is 2.71. The SMILES string of the molecule is COC(=O)CCc1ccc(S(=O)(=O)N2Cc3ccccc3C[C@@H]2C(N)=O)cc1. The predicted molar refractivity (Wildman–Crippen MR) is 103 cm³/mol. The topological polar surface area (TPSA) is 107 Å². The smallest absolute Gasteiger partial charge is 0.305 e. The van der Waals surface area contributed by atoms with Crippen LogP contribution in [0.5, 0.6) is 0 Å². The summed E-state index contributed by atoms with van der Waals surface area (Å²) in [5, 5.41) is 0. The van der Waals surface area contributed by atoms with Crippen molar-refractivity contribution in [2.45, 2.75) is 36.7 Å². The first-order valence-electron chi connectivity index (χ1n) is 8.86. The number of primary amides is 1. The first-order chi connectivity index (χ1) is 13.3. The molecule has 0 unspecified atom stereocenters. The second kappa shape index (κ2) is 8.12. The van der Waals surface area contributed by atoms with Crippen molar-refractivity contribution in [2.75, 3.05) is 7.11 Å². The van der Waals surface area contributed by atoms with Crippen molar-refractivity contribution in [3.8, 4) is 0 Å². The Morgan fingerprint density at radius 3 is 2.36 bits per heavy atom. The van der Waals surface area contributed by atoms with Gasteiger partial charge in [0.15, 0.2) is 0 Å². The maximum absolute atomic E-state index is 13.2. The monoisotopic (exact) mass is 402 g/mol. The van der Waals surface area contributed by atoms with Crippen molar-refractivity contribution < 1.29 is 22.7 Å². The number of benzene rings is 2. The second-order valence-corrected chi connectivity index (χ2v) is 8.55. The fourth-order valence-electron chi connectivity index (χ4n) is 3.31. The molecule has 2 N–H and O–H groups in total. The van der Waals surface area contributed by atoms with Crippen LogP contribution in [-0.4, -0.2) is 37.8 Å². The van der Waals surface area contributed by atoms with E-state index >= 15 is 0 Å². The molecule has 1 amide bonds. The van der Waals surface area contributed by atoms with Gasteiger partial charge in [-0.25, -0.2) is 8.42 Å². The molecule has 0 aromatic heterocycles. The molecule has 0 aliphatic carbocycles. The number of nitrogens with zero attached hydrogens (tertiary/aromatic N) is 1. The molecule has 0 radical (unpaired) electrons. The highest BCUT2D eigenvalue weighted by Gasteiger charge is 2.38. The number of sulfonamides is 1. The molecule has 0 bridgehead atoms. The molecule has 0 spiro atoms. The van der Waals surface area contributed by atoms with E-state index in [1.807, 2.05) is 24.3 Å². The number of rotatable bonds is 6. The minimum absolute atomic E-state index is 0.0833. The summed E-state index contributed by atoms with van der Waals surface area (Å²) in [5.74, 6) is -0.999. The number of methoxy groups -OCH3 is 1. The number of amides is 1. The molecule has 0 saturated carbocycles. The van der Waals surface area contributed by atoms with E-state index in [4.69, 9.17) is 5.73 Å². The lowest BCUT2D eigenvalue weighted by Gasteiger charge is -2.34. The lowest BCUT2D eigenvalue weighted by Crippen LogP contribution is -2.50. The Morgan fingerprint density at radius 1 is 1.11 bits per heavy atom. The summed E-state index contributed by atoms with van der Waals surface area (Å²) in [6.07, 6.45) is 0.922. The van der Waals surface area contributed by atoms with E-state index in [0.29, 0.717) is 6.42 Å². The van der Waals surface area contributed by atoms with E-state index in [-0.39, 0.29) is 30.3 Å². The van der Waals surface area contributed by atoms with Crippen LogP contribution in [0, 0.1) is 0 Å². The first-order valence-corrected chi connectivity index (χ1v) is 10.3. The van der Waals surface area contributed by atoms with Gasteiger partial charge in [0.1, 0.15) is 6.04 Å². The standard InChI is InChI=1S/C20H22N2O5S/c1-27-19(23)11-8-14-6-9-17(10-7-14)28(25,26)22-13-16-5-3-2-4-15(16)12-18(22)20(21)24/h2-7,9-10,18H,8,11-13H2,1H3,(H2,21,24)/t18-/m1/s1. The number of nitrogens with two attached hydrogens (primary N) is 1. The van der Waals surface area contributed by atoms with Crippen molar-refractivity contribution in [3.05, 3.63) is 65.2 Å². The molecule has 1 aliphatic rings. The zero-order valence-corrected chi connectivity index (χ0v) is 16.3. The van der Waals surface area contributed by atoms with Gasteiger partial charge in [0.05, 0.1) is 12.0 Å². The van der Waals surface area contributed by atoms with Gasteiger partial charge in [0.25, 0.3) is 0 Å². The van der Waals surface area contributed by atoms with Crippen molar-refractivity contribution in [3.63, 3.8) is 0 Å². The highest BCUT2D eigenvalue weighted by molar-refractivity contribution is 7.89. The number of hydrogen-bond acceptors (Lipinski definition) is 5. The molecule has 2 aromatic rings. The van der Waals surface area contributed by atoms with Gasteiger partial charge in [0, 0.05) is 13.0 Å². The molecule has 1 heterocycles. The highest BCUT2D eigenvalue weighted by atomic mass is 32.2. The normalized spacial score (nSPS) is 17.0. The molecule has 1 aliphatic heterocycles. The predicted octanol–water partition coefficient (Wildman–Crippen LogP) is 1.39. The van der Waals surface area contributed by atoms with Crippen LogP contribution in [0.25, 0.3) is 0 Å². The fraction of sp³-hybridized carbons (Fsp3) is 0.300. The molecule has 0 saturated heterocycles. The zero-order chi connectivity index (χ0) is 20.3. The van der Waals surface area contributed by atoms with Gasteiger partial charge in [-0.15, -0.1) is 0 Å². The summed E-state index contributed by atoms with van der Waals surface area (Å²) in [4.78, 5) is 23.3. The lowest BCUT2D eigenvalue weighted by atomic mass is 9.96. The van der Waals surface area contributed by atoms with E-state index in [2.05, 4.69) is 4.74 Å². The van der Waals surface area contributed by atoms with E-state index < -0.39 is 22.0 Å². The first kappa shape index (κ1) is 20.0. The van der Waals surface area contributed by atoms with Crippen LogP contribution >= 0.6 is 0 Å². The largest absolute Gasteiger partial charge is 0.469 e. The molecule has 8 heteroatoms. The van der Waals surface area contributed by atoms with Crippen molar-refractivity contribution in [1.29, 1.82) is 0 Å². The Bertz CT molecular complexity index is 986. The quantitative estimate of drug-likeness (QED) is 0.735. The molecule has 0 fully saturated rings. The van der Waals surface area contributed by atoms with Gasteiger partial charge in [-0.05, 0) is 41.7 Å². The zero-order valence-electron chi connectivity index (χ0n) is 15.5. The molecule has 28 heavy (non-hydrogen) atoms. The van der Waals surface area contributed by atoms with Crippen LogP contribution in [0.15, 0.2) is 53.4 Å². The molecule has 1 atom stereocenters. The average molecular weight is 402 g/mol. The number of esters is 1. The summed E-state index contributed by atoms with van der Waals surface area (Å²) in [7, 11) is -2.59. The number of carbonyl (C=O) groups excluding carboxylic acids is 2. The maximum atomic E-state index is 13.2. The van der Waals surface area contributed by atoms with E-state index in [0.717, 1.165) is 16.7 Å². The Labute approximate surface area is 164 Å². The van der Waals surface area contributed by atoms with Crippen LogP contribution in [0.4, 0.5) is 0 Å². The number of ether oxygens (including phenoxy) is 1. The highest BCUT2D eigenvalue weighted by Crippen LogP contribution is 2.29.